The molecule has 1 aliphatic heterocycles. The van der Waals surface area contributed by atoms with Gasteiger partial charge in [0.1, 0.15) is 5.69 Å². The Morgan fingerprint density at radius 3 is 2.83 bits per heavy atom. The third kappa shape index (κ3) is 3.87. The van der Waals surface area contributed by atoms with Crippen molar-refractivity contribution in [2.45, 2.75) is 25.7 Å². The van der Waals surface area contributed by atoms with Gasteiger partial charge in [0.15, 0.2) is 5.82 Å². The summed E-state index contributed by atoms with van der Waals surface area (Å²) in [7, 11) is 3.76. The minimum Gasteiger partial charge on any atom is -0.337 e. The Bertz CT molecular complexity index is 632. The molecule has 1 fully saturated rings. The van der Waals surface area contributed by atoms with Crippen molar-refractivity contribution in [1.82, 2.24) is 20.0 Å². The highest BCUT2D eigenvalue weighted by Crippen LogP contribution is 2.23. The molecule has 0 N–H and O–H groups in total. The Kier molecular flexibility index (Phi) is 4.90. The van der Waals surface area contributed by atoms with Gasteiger partial charge in [-0.05, 0) is 25.2 Å². The van der Waals surface area contributed by atoms with Crippen molar-refractivity contribution in [2.75, 3.05) is 32.1 Å². The molecule has 0 unspecified atom stereocenters. The molecule has 0 spiro atoms. The first-order chi connectivity index (χ1) is 11.1. The monoisotopic (exact) mass is 335 g/mol. The number of aromatic nitrogens is 3. The van der Waals surface area contributed by atoms with Gasteiger partial charge in [-0.3, -0.25) is 4.79 Å². The van der Waals surface area contributed by atoms with Crippen molar-refractivity contribution in [3.63, 3.8) is 0 Å². The van der Waals surface area contributed by atoms with Gasteiger partial charge in [-0.15, -0.1) is 11.3 Å². The number of hydrogen-bond acceptors (Lipinski definition) is 7. The maximum atomic E-state index is 12.2. The van der Waals surface area contributed by atoms with Crippen molar-refractivity contribution < 1.29 is 9.32 Å². The molecule has 3 heterocycles. The van der Waals surface area contributed by atoms with E-state index < -0.39 is 0 Å². The van der Waals surface area contributed by atoms with Gasteiger partial charge in [0.05, 0.1) is 5.51 Å². The zero-order valence-corrected chi connectivity index (χ0v) is 14.3. The highest BCUT2D eigenvalue weighted by atomic mass is 32.1. The van der Waals surface area contributed by atoms with E-state index >= 15 is 0 Å². The van der Waals surface area contributed by atoms with Crippen LogP contribution in [0.2, 0.25) is 0 Å². The van der Waals surface area contributed by atoms with E-state index in [9.17, 15) is 4.79 Å². The lowest BCUT2D eigenvalue weighted by molar-refractivity contribution is 0.0681. The van der Waals surface area contributed by atoms with Crippen LogP contribution in [-0.2, 0) is 6.42 Å². The van der Waals surface area contributed by atoms with Gasteiger partial charge in [0.25, 0.3) is 5.91 Å². The first-order valence-corrected chi connectivity index (χ1v) is 8.75. The summed E-state index contributed by atoms with van der Waals surface area (Å²) in [5.74, 6) is 1.42. The van der Waals surface area contributed by atoms with Crippen LogP contribution in [0.1, 0.15) is 35.6 Å². The molecular weight excluding hydrogens is 314 g/mol. The Morgan fingerprint density at radius 1 is 1.43 bits per heavy atom. The maximum Gasteiger partial charge on any atom is 0.323 e. The predicted molar refractivity (Wildman–Crippen MR) is 87.7 cm³/mol. The van der Waals surface area contributed by atoms with E-state index in [1.54, 1.807) is 10.4 Å². The summed E-state index contributed by atoms with van der Waals surface area (Å²) >= 11 is 1.46. The minimum absolute atomic E-state index is 0.0542. The van der Waals surface area contributed by atoms with Crippen LogP contribution in [0.25, 0.3) is 0 Å². The fourth-order valence-electron chi connectivity index (χ4n) is 2.77. The number of aryl methyl sites for hydroxylation is 1. The third-order valence-corrected chi connectivity index (χ3v) is 4.76. The molecule has 0 aromatic carbocycles. The zero-order chi connectivity index (χ0) is 16.2. The van der Waals surface area contributed by atoms with E-state index in [1.807, 2.05) is 24.4 Å². The van der Waals surface area contributed by atoms with E-state index in [2.05, 4.69) is 15.1 Å². The fraction of sp³-hybridized carbons (Fsp3) is 0.600. The summed E-state index contributed by atoms with van der Waals surface area (Å²) < 4.78 is 5.16. The van der Waals surface area contributed by atoms with Crippen LogP contribution in [0.5, 0.6) is 0 Å². The summed E-state index contributed by atoms with van der Waals surface area (Å²) in [5.41, 5.74) is 2.27. The van der Waals surface area contributed by atoms with Crippen LogP contribution in [0.3, 0.4) is 0 Å². The average molecular weight is 335 g/mol. The number of likely N-dealkylation sites (tertiary alicyclic amines) is 1. The second-order valence-electron chi connectivity index (χ2n) is 6.04. The molecule has 0 saturated carbocycles. The van der Waals surface area contributed by atoms with Gasteiger partial charge in [0, 0.05) is 39.0 Å². The largest absolute Gasteiger partial charge is 0.337 e. The molecule has 1 saturated heterocycles. The Labute approximate surface area is 139 Å². The van der Waals surface area contributed by atoms with Crippen LogP contribution in [0.4, 0.5) is 6.01 Å². The highest BCUT2D eigenvalue weighted by Gasteiger charge is 2.24. The lowest BCUT2D eigenvalue weighted by atomic mass is 9.92. The molecule has 1 aliphatic rings. The molecule has 2 aromatic heterocycles. The summed E-state index contributed by atoms with van der Waals surface area (Å²) in [6, 6.07) is 0.545. The number of anilines is 1. The smallest absolute Gasteiger partial charge is 0.323 e. The first kappa shape index (κ1) is 15.9. The topological polar surface area (TPSA) is 75.4 Å². The lowest BCUT2D eigenvalue weighted by Crippen LogP contribution is -2.38. The Balaban J connectivity index is 1.45. The van der Waals surface area contributed by atoms with Crippen molar-refractivity contribution in [1.29, 1.82) is 0 Å². The molecule has 0 radical (unpaired) electrons. The van der Waals surface area contributed by atoms with Crippen LogP contribution >= 0.6 is 11.3 Å². The summed E-state index contributed by atoms with van der Waals surface area (Å²) in [6.07, 6.45) is 3.90. The Morgan fingerprint density at radius 2 is 2.22 bits per heavy atom. The van der Waals surface area contributed by atoms with E-state index in [1.165, 1.54) is 11.3 Å². The van der Waals surface area contributed by atoms with E-state index in [-0.39, 0.29) is 5.91 Å². The predicted octanol–water partition coefficient (Wildman–Crippen LogP) is 2.08. The van der Waals surface area contributed by atoms with Gasteiger partial charge in [0.2, 0.25) is 0 Å². The number of piperidine rings is 1. The average Bonchev–Trinajstić information content (AvgIpc) is 3.24. The molecule has 124 valence electrons. The zero-order valence-electron chi connectivity index (χ0n) is 13.4. The van der Waals surface area contributed by atoms with E-state index in [4.69, 9.17) is 4.52 Å². The van der Waals surface area contributed by atoms with Crippen LogP contribution in [0, 0.1) is 5.92 Å². The number of carbonyl (C=O) groups is 1. The van der Waals surface area contributed by atoms with Gasteiger partial charge >= 0.3 is 6.01 Å². The SMILES string of the molecule is CN(C)c1nc(CCC2CCN(C(=O)c3cscn3)CC2)no1. The standard InChI is InChI=1S/C15H21N5O2S/c1-19(2)15-17-13(18-22-15)4-3-11-5-7-20(8-6-11)14(21)12-9-23-10-16-12/h9-11H,3-8H2,1-2H3. The van der Waals surface area contributed by atoms with E-state index in [0.717, 1.165) is 44.6 Å². The molecule has 8 heteroatoms. The number of nitrogens with zero attached hydrogens (tertiary/aromatic N) is 5. The molecule has 0 bridgehead atoms. The van der Waals surface area contributed by atoms with Crippen LogP contribution < -0.4 is 4.90 Å². The Hall–Kier alpha value is -1.96. The lowest BCUT2D eigenvalue weighted by Gasteiger charge is -2.31. The highest BCUT2D eigenvalue weighted by molar-refractivity contribution is 7.07. The summed E-state index contributed by atoms with van der Waals surface area (Å²) in [5, 5.41) is 5.81. The fourth-order valence-corrected chi connectivity index (χ4v) is 3.29. The van der Waals surface area contributed by atoms with Crippen LogP contribution in [-0.4, -0.2) is 53.1 Å². The normalized spacial score (nSPS) is 15.8. The second kappa shape index (κ2) is 7.08. The number of rotatable bonds is 5. The van der Waals surface area contributed by atoms with Crippen molar-refractivity contribution in [2.24, 2.45) is 5.92 Å². The van der Waals surface area contributed by atoms with Gasteiger partial charge in [-0.25, -0.2) is 4.98 Å². The maximum absolute atomic E-state index is 12.2. The van der Waals surface area contributed by atoms with E-state index in [0.29, 0.717) is 17.6 Å². The molecule has 7 nitrogen and oxygen atoms in total. The number of carbonyl (C=O) groups excluding carboxylic acids is 1. The molecule has 0 aliphatic carbocycles. The molecule has 3 rings (SSSR count). The summed E-state index contributed by atoms with van der Waals surface area (Å²) in [4.78, 5) is 24.4. The summed E-state index contributed by atoms with van der Waals surface area (Å²) in [6.45, 7) is 1.60. The van der Waals surface area contributed by atoms with Gasteiger partial charge in [-0.1, -0.05) is 5.16 Å². The number of amides is 1. The van der Waals surface area contributed by atoms with Gasteiger partial charge in [-0.2, -0.15) is 4.98 Å². The van der Waals surface area contributed by atoms with Crippen molar-refractivity contribution in [3.05, 3.63) is 22.4 Å². The molecule has 0 atom stereocenters. The number of hydrogen-bond donors (Lipinski definition) is 0. The van der Waals surface area contributed by atoms with Crippen molar-refractivity contribution >= 4 is 23.3 Å². The molecular formula is C15H21N5O2S. The molecule has 2 aromatic rings. The molecule has 1 amide bonds. The quantitative estimate of drug-likeness (QED) is 0.833. The second-order valence-corrected chi connectivity index (χ2v) is 6.75. The minimum atomic E-state index is 0.0542. The molecule has 23 heavy (non-hydrogen) atoms. The van der Waals surface area contributed by atoms with Gasteiger partial charge < -0.3 is 14.3 Å². The third-order valence-electron chi connectivity index (χ3n) is 4.17. The number of thiazole rings is 1. The van der Waals surface area contributed by atoms with Crippen LogP contribution in [0.15, 0.2) is 15.4 Å². The van der Waals surface area contributed by atoms with Crippen molar-refractivity contribution in [3.8, 4) is 0 Å². The first-order valence-electron chi connectivity index (χ1n) is 7.81.